The van der Waals surface area contributed by atoms with Crippen LogP contribution in [0.2, 0.25) is 0 Å². The molecule has 116 valence electrons. The fourth-order valence-electron chi connectivity index (χ4n) is 1.65. The van der Waals surface area contributed by atoms with Crippen LogP contribution in [0.25, 0.3) is 0 Å². The third kappa shape index (κ3) is 7.22. The molecule has 2 amide bonds. The number of halogens is 1. The Morgan fingerprint density at radius 2 is 1.90 bits per heavy atom. The van der Waals surface area contributed by atoms with Crippen LogP contribution in [0.4, 0.5) is 5.69 Å². The number of benzene rings is 1. The predicted molar refractivity (Wildman–Crippen MR) is 85.2 cm³/mol. The number of nitrogens with one attached hydrogen (secondary N) is 2. The van der Waals surface area contributed by atoms with Gasteiger partial charge in [0, 0.05) is 18.1 Å². The molecule has 1 aromatic carbocycles. The summed E-state index contributed by atoms with van der Waals surface area (Å²) in [5.41, 5.74) is 0.709. The molecule has 0 aliphatic heterocycles. The Balaban J connectivity index is 2.34. The lowest BCUT2D eigenvalue weighted by molar-refractivity contribution is -0.123. The molecule has 21 heavy (non-hydrogen) atoms. The smallest absolute Gasteiger partial charge is 0.238 e. The fraction of sp³-hybridized carbons (Fsp3) is 0.429. The molecule has 1 aromatic rings. The second-order valence-electron chi connectivity index (χ2n) is 4.54. The Hall–Kier alpha value is -1.44. The van der Waals surface area contributed by atoms with Crippen molar-refractivity contribution in [2.75, 3.05) is 45.7 Å². The second kappa shape index (κ2) is 9.49. The molecule has 1 rings (SSSR count). The quantitative estimate of drug-likeness (QED) is 0.683. The van der Waals surface area contributed by atoms with Gasteiger partial charge in [-0.3, -0.25) is 14.5 Å². The third-order valence-corrected chi connectivity index (χ3v) is 3.29. The van der Waals surface area contributed by atoms with Crippen LogP contribution in [0.1, 0.15) is 0 Å². The maximum absolute atomic E-state index is 11.9. The number of carbonyl (C=O) groups is 2. The number of anilines is 1. The van der Waals surface area contributed by atoms with Crippen LogP contribution in [-0.2, 0) is 14.3 Å². The summed E-state index contributed by atoms with van der Waals surface area (Å²) in [6, 6.07) is 7.37. The van der Waals surface area contributed by atoms with Crippen LogP contribution >= 0.6 is 15.9 Å². The van der Waals surface area contributed by atoms with Gasteiger partial charge in [0.25, 0.3) is 0 Å². The van der Waals surface area contributed by atoms with E-state index in [4.69, 9.17) is 4.74 Å². The van der Waals surface area contributed by atoms with Gasteiger partial charge in [0.05, 0.1) is 25.4 Å². The van der Waals surface area contributed by atoms with Crippen molar-refractivity contribution >= 4 is 33.4 Å². The van der Waals surface area contributed by atoms with E-state index in [1.165, 1.54) is 0 Å². The van der Waals surface area contributed by atoms with Gasteiger partial charge in [-0.05, 0) is 35.1 Å². The summed E-state index contributed by atoms with van der Waals surface area (Å²) in [4.78, 5) is 25.1. The summed E-state index contributed by atoms with van der Waals surface area (Å²) in [5, 5.41) is 5.49. The molecule has 0 bridgehead atoms. The molecule has 2 N–H and O–H groups in total. The van der Waals surface area contributed by atoms with Crippen LogP contribution in [0.15, 0.2) is 28.7 Å². The minimum atomic E-state index is -0.172. The van der Waals surface area contributed by atoms with E-state index in [0.717, 1.165) is 4.47 Å². The van der Waals surface area contributed by atoms with E-state index in [0.29, 0.717) is 18.8 Å². The molecular formula is C14H20BrN3O3. The van der Waals surface area contributed by atoms with Crippen molar-refractivity contribution in [1.82, 2.24) is 10.2 Å². The molecule has 0 saturated heterocycles. The van der Waals surface area contributed by atoms with E-state index in [-0.39, 0.29) is 24.9 Å². The summed E-state index contributed by atoms with van der Waals surface area (Å²) < 4.78 is 5.66. The van der Waals surface area contributed by atoms with Gasteiger partial charge in [-0.2, -0.15) is 0 Å². The summed E-state index contributed by atoms with van der Waals surface area (Å²) in [5.74, 6) is -0.308. The zero-order valence-corrected chi connectivity index (χ0v) is 13.8. The molecule has 0 fully saturated rings. The molecule has 0 saturated carbocycles. The van der Waals surface area contributed by atoms with Crippen molar-refractivity contribution in [1.29, 1.82) is 0 Å². The van der Waals surface area contributed by atoms with Crippen molar-refractivity contribution in [2.45, 2.75) is 0 Å². The zero-order valence-electron chi connectivity index (χ0n) is 12.2. The van der Waals surface area contributed by atoms with Gasteiger partial charge < -0.3 is 15.4 Å². The lowest BCUT2D eigenvalue weighted by Crippen LogP contribution is -2.39. The van der Waals surface area contributed by atoms with Crippen LogP contribution in [0, 0.1) is 0 Å². The Bertz CT molecular complexity index is 482. The molecule has 0 aliphatic rings. The number of amides is 2. The molecule has 0 unspecified atom stereocenters. The summed E-state index contributed by atoms with van der Waals surface area (Å²) in [6.07, 6.45) is 0. The number of carbonyl (C=O) groups excluding carboxylic acids is 2. The van der Waals surface area contributed by atoms with Crippen molar-refractivity contribution in [3.63, 3.8) is 0 Å². The highest BCUT2D eigenvalue weighted by Crippen LogP contribution is 2.20. The lowest BCUT2D eigenvalue weighted by Gasteiger charge is -2.16. The fourth-order valence-corrected chi connectivity index (χ4v) is 2.03. The Kier molecular flexibility index (Phi) is 7.96. The number of methoxy groups -OCH3 is 1. The van der Waals surface area contributed by atoms with Gasteiger partial charge in [0.1, 0.15) is 0 Å². The van der Waals surface area contributed by atoms with Crippen LogP contribution < -0.4 is 10.6 Å². The van der Waals surface area contributed by atoms with E-state index in [9.17, 15) is 9.59 Å². The predicted octanol–water partition coefficient (Wildman–Crippen LogP) is 1.08. The Labute approximate surface area is 133 Å². The molecule has 7 heteroatoms. The van der Waals surface area contributed by atoms with Crippen molar-refractivity contribution in [3.05, 3.63) is 28.7 Å². The normalized spacial score (nSPS) is 10.5. The number of para-hydroxylation sites is 1. The van der Waals surface area contributed by atoms with Gasteiger partial charge in [0.15, 0.2) is 0 Å². The zero-order chi connectivity index (χ0) is 15.7. The molecule has 0 atom stereocenters. The maximum atomic E-state index is 11.9. The van der Waals surface area contributed by atoms with E-state index < -0.39 is 0 Å². The summed E-state index contributed by atoms with van der Waals surface area (Å²) in [7, 11) is 3.29. The number of hydrogen-bond donors (Lipinski definition) is 2. The molecule has 6 nitrogen and oxygen atoms in total. The molecule has 0 radical (unpaired) electrons. The van der Waals surface area contributed by atoms with Crippen molar-refractivity contribution < 1.29 is 14.3 Å². The van der Waals surface area contributed by atoms with E-state index in [2.05, 4.69) is 26.6 Å². The summed E-state index contributed by atoms with van der Waals surface area (Å²) in [6.45, 7) is 1.23. The standard InChI is InChI=1S/C14H20BrN3O3/c1-18(9-13(19)16-7-8-21-2)10-14(20)17-12-6-4-3-5-11(12)15/h3-6H,7-10H2,1-2H3,(H,16,19)(H,17,20). The number of hydrogen-bond acceptors (Lipinski definition) is 4. The van der Waals surface area contributed by atoms with Crippen LogP contribution in [-0.4, -0.2) is 57.1 Å². The molecular weight excluding hydrogens is 338 g/mol. The first kappa shape index (κ1) is 17.6. The average Bonchev–Trinajstić information content (AvgIpc) is 2.41. The number of likely N-dealkylation sites (N-methyl/N-ethyl adjacent to an activating group) is 1. The first-order valence-corrected chi connectivity index (χ1v) is 7.30. The van der Waals surface area contributed by atoms with Gasteiger partial charge >= 0.3 is 0 Å². The SMILES string of the molecule is COCCNC(=O)CN(C)CC(=O)Nc1ccccc1Br. The lowest BCUT2D eigenvalue weighted by atomic mass is 10.3. The minimum Gasteiger partial charge on any atom is -0.383 e. The highest BCUT2D eigenvalue weighted by atomic mass is 79.9. The van der Waals surface area contributed by atoms with Crippen molar-refractivity contribution in [2.24, 2.45) is 0 Å². The summed E-state index contributed by atoms with van der Waals surface area (Å²) >= 11 is 3.36. The van der Waals surface area contributed by atoms with Gasteiger partial charge in [0.2, 0.25) is 11.8 Å². The highest BCUT2D eigenvalue weighted by Gasteiger charge is 2.11. The first-order valence-electron chi connectivity index (χ1n) is 6.51. The highest BCUT2D eigenvalue weighted by molar-refractivity contribution is 9.10. The second-order valence-corrected chi connectivity index (χ2v) is 5.40. The van der Waals surface area contributed by atoms with Crippen LogP contribution in [0.3, 0.4) is 0 Å². The number of rotatable bonds is 8. The number of ether oxygens (including phenoxy) is 1. The molecule has 0 heterocycles. The third-order valence-electron chi connectivity index (χ3n) is 2.60. The molecule has 0 aliphatic carbocycles. The van der Waals surface area contributed by atoms with Gasteiger partial charge in [-0.1, -0.05) is 12.1 Å². The molecule has 0 spiro atoms. The van der Waals surface area contributed by atoms with Gasteiger partial charge in [-0.25, -0.2) is 0 Å². The van der Waals surface area contributed by atoms with E-state index in [1.807, 2.05) is 18.2 Å². The van der Waals surface area contributed by atoms with E-state index in [1.54, 1.807) is 25.1 Å². The first-order chi connectivity index (χ1) is 10.0. The minimum absolute atomic E-state index is 0.136. The Morgan fingerprint density at radius 1 is 1.24 bits per heavy atom. The average molecular weight is 358 g/mol. The van der Waals surface area contributed by atoms with Gasteiger partial charge in [-0.15, -0.1) is 0 Å². The van der Waals surface area contributed by atoms with Crippen LogP contribution in [0.5, 0.6) is 0 Å². The van der Waals surface area contributed by atoms with Crippen molar-refractivity contribution in [3.8, 4) is 0 Å². The monoisotopic (exact) mass is 357 g/mol. The largest absolute Gasteiger partial charge is 0.383 e. The maximum Gasteiger partial charge on any atom is 0.238 e. The number of nitrogens with zero attached hydrogens (tertiary/aromatic N) is 1. The van der Waals surface area contributed by atoms with E-state index >= 15 is 0 Å². The molecule has 0 aromatic heterocycles. The topological polar surface area (TPSA) is 70.7 Å². The Morgan fingerprint density at radius 3 is 2.57 bits per heavy atom.